The second kappa shape index (κ2) is 7.85. The number of nitrogens with one attached hydrogen (secondary N) is 1. The fraction of sp³-hybridized carbons (Fsp3) is 0.200. The predicted octanol–water partition coefficient (Wildman–Crippen LogP) is 4.53. The van der Waals surface area contributed by atoms with Crippen LogP contribution in [-0.4, -0.2) is 34.0 Å². The average Bonchev–Trinajstić information content (AvgIpc) is 3.02. The summed E-state index contributed by atoms with van der Waals surface area (Å²) in [6.45, 7) is 3.28. The van der Waals surface area contributed by atoms with Gasteiger partial charge >= 0.3 is 5.97 Å². The Labute approximate surface area is 165 Å². The summed E-state index contributed by atoms with van der Waals surface area (Å²) < 4.78 is 5.30. The van der Waals surface area contributed by atoms with Crippen molar-refractivity contribution in [2.24, 2.45) is 0 Å². The van der Waals surface area contributed by atoms with Gasteiger partial charge in [-0.25, -0.2) is 4.79 Å². The Balaban J connectivity index is 1.84. The molecule has 3 aromatic rings. The number of nitrogens with zero attached hydrogens (tertiary/aromatic N) is 1. The smallest absolute Gasteiger partial charge is 0.339 e. The van der Waals surface area contributed by atoms with Gasteiger partial charge in [0, 0.05) is 28.2 Å². The highest BCUT2D eigenvalue weighted by Crippen LogP contribution is 2.29. The van der Waals surface area contributed by atoms with Gasteiger partial charge in [-0.2, -0.15) is 0 Å². The third-order valence-electron chi connectivity index (χ3n) is 4.40. The van der Waals surface area contributed by atoms with Gasteiger partial charge in [0.1, 0.15) is 0 Å². The van der Waals surface area contributed by atoms with Gasteiger partial charge in [-0.1, -0.05) is 18.2 Å². The van der Waals surface area contributed by atoms with Crippen LogP contribution in [0.15, 0.2) is 47.4 Å². The zero-order chi connectivity index (χ0) is 20.4. The Hall–Kier alpha value is -3.13. The van der Waals surface area contributed by atoms with E-state index in [2.05, 4.69) is 4.98 Å². The SMILES string of the molecule is CSc1ccc(C(=O)O[C@@H](C)C(=O)c2c(C)[nH]c3ccccc23)cc1[N+](=O)[O-]. The maximum Gasteiger partial charge on any atom is 0.339 e. The van der Waals surface area contributed by atoms with Gasteiger partial charge in [0.25, 0.3) is 5.69 Å². The van der Waals surface area contributed by atoms with E-state index in [4.69, 9.17) is 4.74 Å². The van der Waals surface area contributed by atoms with Crippen molar-refractivity contribution < 1.29 is 19.2 Å². The lowest BCUT2D eigenvalue weighted by atomic mass is 10.0. The van der Waals surface area contributed by atoms with Crippen molar-refractivity contribution in [3.63, 3.8) is 0 Å². The summed E-state index contributed by atoms with van der Waals surface area (Å²) in [6, 6.07) is 11.5. The number of carbonyl (C=O) groups excluding carboxylic acids is 2. The first-order valence-electron chi connectivity index (χ1n) is 8.48. The quantitative estimate of drug-likeness (QED) is 0.215. The van der Waals surface area contributed by atoms with E-state index in [1.807, 2.05) is 24.3 Å². The zero-order valence-corrected chi connectivity index (χ0v) is 16.3. The van der Waals surface area contributed by atoms with E-state index in [0.29, 0.717) is 16.2 Å². The number of hydrogen-bond acceptors (Lipinski definition) is 6. The number of nitro groups is 1. The Morgan fingerprint density at radius 3 is 2.61 bits per heavy atom. The van der Waals surface area contributed by atoms with Crippen LogP contribution in [0.3, 0.4) is 0 Å². The molecule has 0 saturated heterocycles. The summed E-state index contributed by atoms with van der Waals surface area (Å²) in [5, 5.41) is 11.9. The van der Waals surface area contributed by atoms with E-state index < -0.39 is 17.0 Å². The second-order valence-electron chi connectivity index (χ2n) is 6.23. The fourth-order valence-electron chi connectivity index (χ4n) is 3.04. The van der Waals surface area contributed by atoms with Crippen LogP contribution in [0.5, 0.6) is 0 Å². The summed E-state index contributed by atoms with van der Waals surface area (Å²) >= 11 is 1.21. The molecule has 0 saturated carbocycles. The van der Waals surface area contributed by atoms with Crippen LogP contribution in [0, 0.1) is 17.0 Å². The summed E-state index contributed by atoms with van der Waals surface area (Å²) in [5.74, 6) is -1.12. The third kappa shape index (κ3) is 3.63. The number of carbonyl (C=O) groups is 2. The first-order chi connectivity index (χ1) is 13.3. The fourth-order valence-corrected chi connectivity index (χ4v) is 3.59. The van der Waals surface area contributed by atoms with Gasteiger partial charge in [0.2, 0.25) is 5.78 Å². The Kier molecular flexibility index (Phi) is 5.51. The number of aryl methyl sites for hydroxylation is 1. The van der Waals surface area contributed by atoms with Crippen LogP contribution in [0.25, 0.3) is 10.9 Å². The molecule has 0 aliphatic heterocycles. The summed E-state index contributed by atoms with van der Waals surface area (Å²) in [7, 11) is 0. The second-order valence-corrected chi connectivity index (χ2v) is 7.07. The standard InChI is InChI=1S/C20H18N2O5S/c1-11-18(14-6-4-5-7-15(14)21-11)19(23)12(2)27-20(24)13-8-9-17(28-3)16(10-13)22(25)26/h4-10,12,21H,1-3H3/t12-/m0/s1. The molecule has 8 heteroatoms. The molecular weight excluding hydrogens is 380 g/mol. The molecule has 0 unspecified atom stereocenters. The van der Waals surface area contributed by atoms with Crippen molar-refractivity contribution in [2.45, 2.75) is 24.8 Å². The molecule has 0 aliphatic carbocycles. The van der Waals surface area contributed by atoms with Crippen LogP contribution in [0.1, 0.15) is 33.3 Å². The normalized spacial score (nSPS) is 12.0. The Morgan fingerprint density at radius 1 is 1.21 bits per heavy atom. The van der Waals surface area contributed by atoms with Crippen molar-refractivity contribution >= 4 is 40.1 Å². The van der Waals surface area contributed by atoms with Crippen LogP contribution < -0.4 is 0 Å². The molecule has 0 amide bonds. The molecule has 1 aromatic heterocycles. The van der Waals surface area contributed by atoms with E-state index in [1.54, 1.807) is 13.2 Å². The maximum absolute atomic E-state index is 12.9. The lowest BCUT2D eigenvalue weighted by molar-refractivity contribution is -0.387. The molecule has 28 heavy (non-hydrogen) atoms. The van der Waals surface area contributed by atoms with Crippen LogP contribution in [-0.2, 0) is 4.74 Å². The molecule has 7 nitrogen and oxygen atoms in total. The Morgan fingerprint density at radius 2 is 1.93 bits per heavy atom. The predicted molar refractivity (Wildman–Crippen MR) is 107 cm³/mol. The van der Waals surface area contributed by atoms with E-state index >= 15 is 0 Å². The van der Waals surface area contributed by atoms with Crippen LogP contribution in [0.2, 0.25) is 0 Å². The maximum atomic E-state index is 12.9. The lowest BCUT2D eigenvalue weighted by Crippen LogP contribution is -2.25. The average molecular weight is 398 g/mol. The Bertz CT molecular complexity index is 1090. The minimum Gasteiger partial charge on any atom is -0.451 e. The highest BCUT2D eigenvalue weighted by atomic mass is 32.2. The van der Waals surface area contributed by atoms with Gasteiger partial charge in [-0.15, -0.1) is 11.8 Å². The number of esters is 1. The number of fused-ring (bicyclic) bond motifs is 1. The molecule has 3 rings (SSSR count). The number of rotatable bonds is 6. The molecule has 0 aliphatic rings. The number of ether oxygens (including phenoxy) is 1. The molecule has 0 radical (unpaired) electrons. The number of ketones is 1. The van der Waals surface area contributed by atoms with Crippen LogP contribution >= 0.6 is 11.8 Å². The van der Waals surface area contributed by atoms with Crippen LogP contribution in [0.4, 0.5) is 5.69 Å². The number of nitro benzene ring substituents is 1. The minimum atomic E-state index is -1.04. The molecule has 0 spiro atoms. The molecule has 1 heterocycles. The first kappa shape index (κ1) is 19.6. The van der Waals surface area contributed by atoms with Gasteiger partial charge < -0.3 is 9.72 Å². The molecule has 1 atom stereocenters. The molecule has 2 aromatic carbocycles. The monoisotopic (exact) mass is 398 g/mol. The summed E-state index contributed by atoms with van der Waals surface area (Å²) in [4.78, 5) is 39.5. The molecule has 144 valence electrons. The third-order valence-corrected chi connectivity index (χ3v) is 5.19. The van der Waals surface area contributed by atoms with Gasteiger partial charge in [0.15, 0.2) is 6.10 Å². The molecule has 0 bridgehead atoms. The molecular formula is C20H18N2O5S. The summed E-state index contributed by atoms with van der Waals surface area (Å²) in [6.07, 6.45) is 0.676. The molecule has 0 fully saturated rings. The zero-order valence-electron chi connectivity index (χ0n) is 15.5. The van der Waals surface area contributed by atoms with Crippen molar-refractivity contribution in [3.8, 4) is 0 Å². The highest BCUT2D eigenvalue weighted by molar-refractivity contribution is 7.98. The van der Waals surface area contributed by atoms with E-state index in [9.17, 15) is 19.7 Å². The van der Waals surface area contributed by atoms with E-state index in [-0.39, 0.29) is 17.0 Å². The number of para-hydroxylation sites is 1. The van der Waals surface area contributed by atoms with Gasteiger partial charge in [-0.05, 0) is 38.3 Å². The number of aromatic amines is 1. The number of thioether (sulfide) groups is 1. The van der Waals surface area contributed by atoms with E-state index in [0.717, 1.165) is 10.9 Å². The van der Waals surface area contributed by atoms with E-state index in [1.165, 1.54) is 36.9 Å². The number of hydrogen-bond donors (Lipinski definition) is 1. The summed E-state index contributed by atoms with van der Waals surface area (Å²) in [5.41, 5.74) is 1.84. The first-order valence-corrected chi connectivity index (χ1v) is 9.71. The number of H-pyrrole nitrogens is 1. The number of aromatic nitrogens is 1. The number of benzene rings is 2. The van der Waals surface area contributed by atoms with Crippen molar-refractivity contribution in [3.05, 3.63) is 69.4 Å². The van der Waals surface area contributed by atoms with Crippen molar-refractivity contribution in [1.29, 1.82) is 0 Å². The largest absolute Gasteiger partial charge is 0.451 e. The minimum absolute atomic E-state index is 0.0276. The van der Waals surface area contributed by atoms with Crippen molar-refractivity contribution in [2.75, 3.05) is 6.26 Å². The van der Waals surface area contributed by atoms with Crippen molar-refractivity contribution in [1.82, 2.24) is 4.98 Å². The lowest BCUT2D eigenvalue weighted by Gasteiger charge is -2.13. The van der Waals surface area contributed by atoms with Gasteiger partial charge in [0.05, 0.1) is 15.4 Å². The van der Waals surface area contributed by atoms with Gasteiger partial charge in [-0.3, -0.25) is 14.9 Å². The highest BCUT2D eigenvalue weighted by Gasteiger charge is 2.26. The topological polar surface area (TPSA) is 102 Å². The molecule has 1 N–H and O–H groups in total. The number of Topliss-reactive ketones (excluding diaryl/α,β-unsaturated/α-hetero) is 1.